The lowest BCUT2D eigenvalue weighted by Crippen LogP contribution is -2.52. The molecule has 0 aliphatic carbocycles. The summed E-state index contributed by atoms with van der Waals surface area (Å²) in [6, 6.07) is 11.1. The van der Waals surface area contributed by atoms with E-state index in [-0.39, 0.29) is 0 Å². The van der Waals surface area contributed by atoms with Gasteiger partial charge in [0.25, 0.3) is 0 Å². The van der Waals surface area contributed by atoms with E-state index in [1.165, 1.54) is 5.56 Å². The number of nitrogens with zero attached hydrogens (tertiary/aromatic N) is 1. The van der Waals surface area contributed by atoms with Crippen LogP contribution in [0, 0.1) is 0 Å². The van der Waals surface area contributed by atoms with Crippen LogP contribution in [0.2, 0.25) is 0 Å². The molecule has 3 heteroatoms. The number of benzene rings is 1. The average molecular weight is 219 g/mol. The summed E-state index contributed by atoms with van der Waals surface area (Å²) in [5.74, 6) is 0. The minimum atomic E-state index is 0.586. The van der Waals surface area contributed by atoms with E-state index in [0.29, 0.717) is 6.04 Å². The van der Waals surface area contributed by atoms with E-state index in [2.05, 4.69) is 52.9 Å². The molecule has 0 amide bonds. The maximum absolute atomic E-state index is 3.53. The average Bonchev–Trinajstić information content (AvgIpc) is 2.30. The van der Waals surface area contributed by atoms with Crippen molar-refractivity contribution in [2.75, 3.05) is 33.2 Å². The zero-order valence-corrected chi connectivity index (χ0v) is 9.95. The zero-order valence-electron chi connectivity index (χ0n) is 9.95. The summed E-state index contributed by atoms with van der Waals surface area (Å²) in [4.78, 5) is 2.38. The Balaban J connectivity index is 1.68. The van der Waals surface area contributed by atoms with Crippen LogP contribution in [0.1, 0.15) is 5.56 Å². The highest BCUT2D eigenvalue weighted by Crippen LogP contribution is 1.98. The Hall–Kier alpha value is -0.900. The smallest absolute Gasteiger partial charge is 0.0320 e. The molecule has 0 spiro atoms. The first-order valence-corrected chi connectivity index (χ1v) is 6.01. The minimum Gasteiger partial charge on any atom is -0.311 e. The molecular weight excluding hydrogens is 198 g/mol. The van der Waals surface area contributed by atoms with Gasteiger partial charge in [0.05, 0.1) is 0 Å². The molecule has 1 atom stereocenters. The summed E-state index contributed by atoms with van der Waals surface area (Å²) < 4.78 is 0. The predicted octanol–water partition coefficient (Wildman–Crippen LogP) is 0.680. The molecule has 0 radical (unpaired) electrons. The van der Waals surface area contributed by atoms with Gasteiger partial charge in [-0.3, -0.25) is 0 Å². The highest BCUT2D eigenvalue weighted by Gasteiger charge is 2.15. The van der Waals surface area contributed by atoms with E-state index in [9.17, 15) is 0 Å². The van der Waals surface area contributed by atoms with Gasteiger partial charge in [-0.25, -0.2) is 0 Å². The Bertz CT molecular complexity index is 299. The molecule has 1 fully saturated rings. The lowest BCUT2D eigenvalue weighted by molar-refractivity contribution is 0.235. The van der Waals surface area contributed by atoms with Crippen LogP contribution in [0.3, 0.4) is 0 Å². The molecule has 16 heavy (non-hydrogen) atoms. The lowest BCUT2D eigenvalue weighted by atomic mass is 10.2. The first-order valence-electron chi connectivity index (χ1n) is 6.01. The van der Waals surface area contributed by atoms with E-state index < -0.39 is 0 Å². The first kappa shape index (κ1) is 11.6. The van der Waals surface area contributed by atoms with Crippen LogP contribution >= 0.6 is 0 Å². The zero-order chi connectivity index (χ0) is 11.2. The molecule has 88 valence electrons. The highest BCUT2D eigenvalue weighted by atomic mass is 15.2. The Morgan fingerprint density at radius 1 is 1.38 bits per heavy atom. The van der Waals surface area contributed by atoms with Crippen molar-refractivity contribution in [1.82, 2.24) is 15.5 Å². The molecule has 2 rings (SSSR count). The first-order chi connectivity index (χ1) is 7.84. The van der Waals surface area contributed by atoms with Gasteiger partial charge in [-0.05, 0) is 12.6 Å². The molecule has 1 aromatic carbocycles. The summed E-state index contributed by atoms with van der Waals surface area (Å²) in [7, 11) is 2.19. The number of hydrogen-bond donors (Lipinski definition) is 2. The molecular formula is C13H21N3. The standard InChI is InChI=1S/C13H21N3/c1-16-8-7-15-13(11-16)10-14-9-12-5-3-2-4-6-12/h2-6,13-15H,7-11H2,1H3. The van der Waals surface area contributed by atoms with Crippen LogP contribution in [0.4, 0.5) is 0 Å². The Morgan fingerprint density at radius 3 is 2.94 bits per heavy atom. The number of likely N-dealkylation sites (N-methyl/N-ethyl adjacent to an activating group) is 1. The van der Waals surface area contributed by atoms with Gasteiger partial charge in [0.2, 0.25) is 0 Å². The van der Waals surface area contributed by atoms with Crippen molar-refractivity contribution in [2.45, 2.75) is 12.6 Å². The maximum Gasteiger partial charge on any atom is 0.0320 e. The van der Waals surface area contributed by atoms with Gasteiger partial charge in [-0.1, -0.05) is 30.3 Å². The van der Waals surface area contributed by atoms with Crippen molar-refractivity contribution >= 4 is 0 Å². The van der Waals surface area contributed by atoms with Crippen molar-refractivity contribution in [3.8, 4) is 0 Å². The van der Waals surface area contributed by atoms with Crippen molar-refractivity contribution in [1.29, 1.82) is 0 Å². The van der Waals surface area contributed by atoms with Crippen molar-refractivity contribution < 1.29 is 0 Å². The van der Waals surface area contributed by atoms with E-state index >= 15 is 0 Å². The third-order valence-corrected chi connectivity index (χ3v) is 3.02. The van der Waals surface area contributed by atoms with Crippen molar-refractivity contribution in [3.63, 3.8) is 0 Å². The number of nitrogens with one attached hydrogen (secondary N) is 2. The molecule has 0 bridgehead atoms. The number of piperazine rings is 1. The largest absolute Gasteiger partial charge is 0.311 e. The quantitative estimate of drug-likeness (QED) is 0.780. The summed E-state index contributed by atoms with van der Waals surface area (Å²) in [6.07, 6.45) is 0. The van der Waals surface area contributed by atoms with Crippen molar-refractivity contribution in [2.24, 2.45) is 0 Å². The van der Waals surface area contributed by atoms with Crippen LogP contribution in [-0.4, -0.2) is 44.2 Å². The van der Waals surface area contributed by atoms with E-state index in [4.69, 9.17) is 0 Å². The molecule has 0 saturated carbocycles. The van der Waals surface area contributed by atoms with Gasteiger partial charge in [0, 0.05) is 38.8 Å². The summed E-state index contributed by atoms with van der Waals surface area (Å²) in [6.45, 7) is 5.41. The summed E-state index contributed by atoms with van der Waals surface area (Å²) in [5.41, 5.74) is 1.35. The van der Waals surface area contributed by atoms with E-state index in [1.807, 2.05) is 0 Å². The third kappa shape index (κ3) is 3.59. The van der Waals surface area contributed by atoms with Gasteiger partial charge in [-0.15, -0.1) is 0 Å². The van der Waals surface area contributed by atoms with Crippen LogP contribution < -0.4 is 10.6 Å². The van der Waals surface area contributed by atoms with Crippen molar-refractivity contribution in [3.05, 3.63) is 35.9 Å². The van der Waals surface area contributed by atoms with Crippen LogP contribution in [0.15, 0.2) is 30.3 Å². The fraction of sp³-hybridized carbons (Fsp3) is 0.538. The van der Waals surface area contributed by atoms with Gasteiger partial charge >= 0.3 is 0 Å². The Morgan fingerprint density at radius 2 is 2.19 bits per heavy atom. The fourth-order valence-corrected chi connectivity index (χ4v) is 2.11. The predicted molar refractivity (Wildman–Crippen MR) is 67.4 cm³/mol. The van der Waals surface area contributed by atoms with E-state index in [0.717, 1.165) is 32.7 Å². The normalized spacial score (nSPS) is 22.2. The number of rotatable bonds is 4. The lowest BCUT2D eigenvalue weighted by Gasteiger charge is -2.31. The van der Waals surface area contributed by atoms with Gasteiger partial charge < -0.3 is 15.5 Å². The molecule has 2 N–H and O–H groups in total. The molecule has 3 nitrogen and oxygen atoms in total. The maximum atomic E-state index is 3.53. The molecule has 1 aliphatic rings. The summed E-state index contributed by atoms with van der Waals surface area (Å²) in [5, 5.41) is 7.03. The Kier molecular flexibility index (Phi) is 4.34. The fourth-order valence-electron chi connectivity index (χ4n) is 2.11. The Labute approximate surface area is 97.8 Å². The third-order valence-electron chi connectivity index (χ3n) is 3.02. The number of hydrogen-bond acceptors (Lipinski definition) is 3. The molecule has 1 aliphatic heterocycles. The molecule has 1 aromatic rings. The highest BCUT2D eigenvalue weighted by molar-refractivity contribution is 5.14. The molecule has 0 aromatic heterocycles. The molecule has 1 heterocycles. The van der Waals surface area contributed by atoms with Crippen LogP contribution in [0.25, 0.3) is 0 Å². The second kappa shape index (κ2) is 5.99. The minimum absolute atomic E-state index is 0.586. The molecule has 1 unspecified atom stereocenters. The van der Waals surface area contributed by atoms with Gasteiger partial charge in [0.1, 0.15) is 0 Å². The summed E-state index contributed by atoms with van der Waals surface area (Å²) >= 11 is 0. The van der Waals surface area contributed by atoms with Crippen LogP contribution in [0.5, 0.6) is 0 Å². The molecule has 1 saturated heterocycles. The van der Waals surface area contributed by atoms with E-state index in [1.54, 1.807) is 0 Å². The van der Waals surface area contributed by atoms with Crippen LogP contribution in [-0.2, 0) is 6.54 Å². The van der Waals surface area contributed by atoms with Gasteiger partial charge in [0.15, 0.2) is 0 Å². The topological polar surface area (TPSA) is 27.3 Å². The second-order valence-electron chi connectivity index (χ2n) is 4.53. The SMILES string of the molecule is CN1CCNC(CNCc2ccccc2)C1. The monoisotopic (exact) mass is 219 g/mol. The second-order valence-corrected chi connectivity index (χ2v) is 4.53. The van der Waals surface area contributed by atoms with Gasteiger partial charge in [-0.2, -0.15) is 0 Å².